The van der Waals surface area contributed by atoms with Gasteiger partial charge in [-0.2, -0.15) is 0 Å². The molecule has 2 aromatic heterocycles. The molecule has 2 nitrogen and oxygen atoms in total. The van der Waals surface area contributed by atoms with Crippen molar-refractivity contribution >= 4 is 77.5 Å². The Morgan fingerprint density at radius 2 is 0.872 bits per heavy atom. The number of nitrogens with zero attached hydrogens (tertiary/aromatic N) is 2. The SMILES string of the molecule is CC(C)(C)c1ccc2c(c1)c1cc(C(C)(C)C)cc3c1n2-c1c(-c2cccc4cc(-c5ccccc5)ccc24)cc2c4c1B3c1cc(C(C)(C)C)cc3c5cc(C(C)(C)C)cc(c5n-4c13)C21c2ccccc2-c2ccccc21. The average Bonchev–Trinajstić information content (AvgIpc) is 2.07. The van der Waals surface area contributed by atoms with Gasteiger partial charge in [0.2, 0.25) is 0 Å². The average molecular weight is 1010 g/mol. The molecule has 16 rings (SSSR count). The smallest absolute Gasteiger partial charge is 0.252 e. The standard InChI is InChI=1S/C75H65BN2/c1-71(2,3)45-30-32-64-53(34-45)54-36-47(73(7,8)9)39-62-67(54)77(64)69-57(50-26-20-23-44-33-43(29-31-49(44)50)42-21-14-13-15-22-42)41-61-70-65(69)76(62)63-40-48(74(10,11)12)37-56-55-35-46(72(4,5)6)38-60(66(55)78(70)68(56)63)75(61)58-27-18-16-24-51(58)52-25-17-19-28-59(52)75/h13-41H,1-12H3. The summed E-state index contributed by atoms with van der Waals surface area (Å²) in [6.07, 6.45) is 0. The Morgan fingerprint density at radius 3 is 1.50 bits per heavy atom. The Kier molecular flexibility index (Phi) is 8.79. The summed E-state index contributed by atoms with van der Waals surface area (Å²) < 4.78 is 5.57. The summed E-state index contributed by atoms with van der Waals surface area (Å²) in [7, 11) is 0. The molecule has 1 aliphatic carbocycles. The van der Waals surface area contributed by atoms with Gasteiger partial charge in [0, 0.05) is 43.8 Å². The van der Waals surface area contributed by atoms with Crippen LogP contribution in [0.25, 0.3) is 99.1 Å². The molecular weight excluding hydrogens is 940 g/mol. The molecule has 3 heteroatoms. The van der Waals surface area contributed by atoms with E-state index in [1.165, 1.54) is 160 Å². The molecule has 78 heavy (non-hydrogen) atoms. The molecule has 0 radical (unpaired) electrons. The minimum Gasteiger partial charge on any atom is -0.310 e. The number of benzene rings is 10. The van der Waals surface area contributed by atoms with E-state index in [0.29, 0.717) is 0 Å². The second-order valence-electron chi connectivity index (χ2n) is 27.7. The fourth-order valence-corrected chi connectivity index (χ4v) is 15.1. The molecule has 378 valence electrons. The van der Waals surface area contributed by atoms with Gasteiger partial charge in [-0.1, -0.05) is 217 Å². The summed E-state index contributed by atoms with van der Waals surface area (Å²) in [4.78, 5) is 0. The molecule has 4 aliphatic rings. The van der Waals surface area contributed by atoms with Crippen LogP contribution < -0.4 is 16.4 Å². The van der Waals surface area contributed by atoms with Crippen molar-refractivity contribution in [3.05, 3.63) is 220 Å². The van der Waals surface area contributed by atoms with Gasteiger partial charge in [0.25, 0.3) is 6.71 Å². The monoisotopic (exact) mass is 1000 g/mol. The van der Waals surface area contributed by atoms with Crippen LogP contribution in [0.3, 0.4) is 0 Å². The summed E-state index contributed by atoms with van der Waals surface area (Å²) in [5.41, 5.74) is 29.9. The molecule has 0 unspecified atom stereocenters. The van der Waals surface area contributed by atoms with E-state index >= 15 is 0 Å². The second kappa shape index (κ2) is 14.8. The van der Waals surface area contributed by atoms with Crippen molar-refractivity contribution in [1.82, 2.24) is 9.13 Å². The Hall–Kier alpha value is -7.88. The van der Waals surface area contributed by atoms with Crippen LogP contribution in [-0.2, 0) is 27.1 Å². The Bertz CT molecular complexity index is 4650. The number of aromatic nitrogens is 2. The van der Waals surface area contributed by atoms with Gasteiger partial charge < -0.3 is 9.13 Å². The molecule has 0 fully saturated rings. The molecule has 0 bridgehead atoms. The Labute approximate surface area is 459 Å². The van der Waals surface area contributed by atoms with Crippen LogP contribution in [0, 0.1) is 0 Å². The molecule has 5 heterocycles. The summed E-state index contributed by atoms with van der Waals surface area (Å²) >= 11 is 0. The molecular formula is C75H65BN2. The fraction of sp³-hybridized carbons (Fsp3) is 0.227. The van der Waals surface area contributed by atoms with Gasteiger partial charge in [0.05, 0.1) is 22.1 Å². The van der Waals surface area contributed by atoms with Crippen molar-refractivity contribution in [2.24, 2.45) is 0 Å². The number of hydrogen-bond donors (Lipinski definition) is 0. The van der Waals surface area contributed by atoms with Gasteiger partial charge in [0.1, 0.15) is 0 Å². The minimum atomic E-state index is -0.640. The molecule has 12 aromatic rings. The first kappa shape index (κ1) is 46.2. The number of hydrogen-bond acceptors (Lipinski definition) is 0. The normalized spacial score (nSPS) is 14.7. The molecule has 0 N–H and O–H groups in total. The maximum absolute atomic E-state index is 2.81. The second-order valence-corrected chi connectivity index (χ2v) is 27.7. The third kappa shape index (κ3) is 5.80. The minimum absolute atomic E-state index is 0.0290. The van der Waals surface area contributed by atoms with Crippen LogP contribution in [0.15, 0.2) is 176 Å². The van der Waals surface area contributed by atoms with Crippen molar-refractivity contribution < 1.29 is 0 Å². The molecule has 0 saturated heterocycles. The summed E-state index contributed by atoms with van der Waals surface area (Å²) in [6, 6.07) is 69.8. The maximum atomic E-state index is 2.81. The van der Waals surface area contributed by atoms with E-state index in [9.17, 15) is 0 Å². The Balaban J connectivity index is 1.19. The highest BCUT2D eigenvalue weighted by atomic mass is 15.1. The van der Waals surface area contributed by atoms with Gasteiger partial charge >= 0.3 is 0 Å². The summed E-state index contributed by atoms with van der Waals surface area (Å²) in [5, 5.41) is 7.91. The highest BCUT2D eigenvalue weighted by Gasteiger charge is 2.55. The number of rotatable bonds is 2. The van der Waals surface area contributed by atoms with Gasteiger partial charge in [-0.3, -0.25) is 0 Å². The van der Waals surface area contributed by atoms with Crippen LogP contribution in [0.1, 0.15) is 128 Å². The van der Waals surface area contributed by atoms with Crippen molar-refractivity contribution in [2.75, 3.05) is 0 Å². The largest absolute Gasteiger partial charge is 0.310 e. The van der Waals surface area contributed by atoms with Crippen LogP contribution in [0.4, 0.5) is 0 Å². The lowest BCUT2D eigenvalue weighted by Gasteiger charge is -2.45. The lowest BCUT2D eigenvalue weighted by molar-refractivity contribution is 0.588. The van der Waals surface area contributed by atoms with Gasteiger partial charge in [-0.25, -0.2) is 0 Å². The maximum Gasteiger partial charge on any atom is 0.252 e. The van der Waals surface area contributed by atoms with Crippen LogP contribution in [-0.4, -0.2) is 15.8 Å². The third-order valence-electron chi connectivity index (χ3n) is 19.0. The van der Waals surface area contributed by atoms with Gasteiger partial charge in [0.15, 0.2) is 0 Å². The van der Waals surface area contributed by atoms with Crippen molar-refractivity contribution in [3.63, 3.8) is 0 Å². The van der Waals surface area contributed by atoms with E-state index in [-0.39, 0.29) is 28.4 Å². The summed E-state index contributed by atoms with van der Waals surface area (Å²) in [6.45, 7) is 28.7. The van der Waals surface area contributed by atoms with Gasteiger partial charge in [-0.15, -0.1) is 0 Å². The molecule has 0 saturated carbocycles. The van der Waals surface area contributed by atoms with E-state index in [1.807, 2.05) is 0 Å². The van der Waals surface area contributed by atoms with Gasteiger partial charge in [-0.05, 0) is 164 Å². The molecule has 1 spiro atoms. The first-order valence-corrected chi connectivity index (χ1v) is 28.5. The quantitative estimate of drug-likeness (QED) is 0.153. The first-order chi connectivity index (χ1) is 37.2. The molecule has 0 amide bonds. The summed E-state index contributed by atoms with van der Waals surface area (Å²) in [5.74, 6) is 0. The first-order valence-electron chi connectivity index (χ1n) is 28.5. The zero-order valence-corrected chi connectivity index (χ0v) is 47.2. The highest BCUT2D eigenvalue weighted by Crippen LogP contribution is 2.63. The highest BCUT2D eigenvalue weighted by molar-refractivity contribution is 7.00. The van der Waals surface area contributed by atoms with E-state index < -0.39 is 5.41 Å². The van der Waals surface area contributed by atoms with E-state index in [1.54, 1.807) is 0 Å². The molecule has 3 aliphatic heterocycles. The lowest BCUT2D eigenvalue weighted by Crippen LogP contribution is -2.61. The topological polar surface area (TPSA) is 9.86 Å². The fourth-order valence-electron chi connectivity index (χ4n) is 15.1. The molecule has 10 aromatic carbocycles. The zero-order chi connectivity index (χ0) is 53.5. The molecule has 0 atom stereocenters. The Morgan fingerprint density at radius 1 is 0.333 bits per heavy atom. The van der Waals surface area contributed by atoms with Crippen molar-refractivity contribution in [2.45, 2.75) is 110 Å². The zero-order valence-electron chi connectivity index (χ0n) is 47.2. The van der Waals surface area contributed by atoms with Crippen LogP contribution in [0.5, 0.6) is 0 Å². The van der Waals surface area contributed by atoms with Crippen molar-refractivity contribution in [1.29, 1.82) is 0 Å². The predicted octanol–water partition coefficient (Wildman–Crippen LogP) is 17.4. The van der Waals surface area contributed by atoms with Crippen LogP contribution >= 0.6 is 0 Å². The predicted molar refractivity (Wildman–Crippen MR) is 334 cm³/mol. The lowest BCUT2D eigenvalue weighted by atomic mass is 9.33. The van der Waals surface area contributed by atoms with E-state index in [2.05, 4.69) is 268 Å². The van der Waals surface area contributed by atoms with Crippen molar-refractivity contribution in [3.8, 4) is 44.8 Å². The van der Waals surface area contributed by atoms with Crippen LogP contribution in [0.2, 0.25) is 0 Å². The third-order valence-corrected chi connectivity index (χ3v) is 19.0. The van der Waals surface area contributed by atoms with E-state index in [0.717, 1.165) is 0 Å². The van der Waals surface area contributed by atoms with E-state index in [4.69, 9.17) is 0 Å². The number of fused-ring (bicyclic) bond motifs is 15.